The van der Waals surface area contributed by atoms with Crippen LogP contribution in [0.25, 0.3) is 0 Å². The smallest absolute Gasteiger partial charge is 0.327 e. The number of imide groups is 1. The van der Waals surface area contributed by atoms with Crippen molar-refractivity contribution in [1.82, 2.24) is 9.80 Å². The molecule has 0 aliphatic carbocycles. The Morgan fingerprint density at radius 2 is 2.09 bits per heavy atom. The zero-order chi connectivity index (χ0) is 17.0. The van der Waals surface area contributed by atoms with Gasteiger partial charge in [-0.2, -0.15) is 0 Å². The van der Waals surface area contributed by atoms with Crippen molar-refractivity contribution in [2.45, 2.75) is 0 Å². The standard InChI is InChI=1S/C14H14BrN3O5/c1-17-6-12(20)18(14(17)22)7-13(21)23-8-11(19)16-10-4-2-3-9(15)5-10/h2-5H,6-8H2,1H3,(H,16,19). The minimum Gasteiger partial charge on any atom is -0.454 e. The van der Waals surface area contributed by atoms with Crippen LogP contribution in [0.5, 0.6) is 0 Å². The molecule has 9 heteroatoms. The van der Waals surface area contributed by atoms with Crippen molar-refractivity contribution in [3.05, 3.63) is 28.7 Å². The summed E-state index contributed by atoms with van der Waals surface area (Å²) in [5.74, 6) is -1.83. The quantitative estimate of drug-likeness (QED) is 0.599. The first-order chi connectivity index (χ1) is 10.9. The Labute approximate surface area is 140 Å². The van der Waals surface area contributed by atoms with E-state index in [1.807, 2.05) is 0 Å². The number of hydrogen-bond acceptors (Lipinski definition) is 5. The zero-order valence-corrected chi connectivity index (χ0v) is 13.8. The van der Waals surface area contributed by atoms with Gasteiger partial charge < -0.3 is 15.0 Å². The molecule has 4 amide bonds. The van der Waals surface area contributed by atoms with E-state index >= 15 is 0 Å². The summed E-state index contributed by atoms with van der Waals surface area (Å²) >= 11 is 3.27. The van der Waals surface area contributed by atoms with Crippen LogP contribution in [0.15, 0.2) is 28.7 Å². The molecule has 0 atom stereocenters. The normalized spacial score (nSPS) is 14.2. The van der Waals surface area contributed by atoms with E-state index in [0.717, 1.165) is 9.37 Å². The van der Waals surface area contributed by atoms with Gasteiger partial charge in [0.1, 0.15) is 13.1 Å². The summed E-state index contributed by atoms with van der Waals surface area (Å²) in [7, 11) is 1.46. The number of esters is 1. The Balaban J connectivity index is 1.79. The summed E-state index contributed by atoms with van der Waals surface area (Å²) in [6.45, 7) is -1.08. The molecule has 0 bridgehead atoms. The number of nitrogens with zero attached hydrogens (tertiary/aromatic N) is 2. The van der Waals surface area contributed by atoms with Crippen molar-refractivity contribution in [2.75, 3.05) is 32.1 Å². The SMILES string of the molecule is CN1CC(=O)N(CC(=O)OCC(=O)Nc2cccc(Br)c2)C1=O. The number of benzene rings is 1. The van der Waals surface area contributed by atoms with Gasteiger partial charge in [-0.05, 0) is 18.2 Å². The molecular weight excluding hydrogens is 370 g/mol. The highest BCUT2D eigenvalue weighted by molar-refractivity contribution is 9.10. The van der Waals surface area contributed by atoms with Crippen molar-refractivity contribution >= 4 is 45.4 Å². The fraction of sp³-hybridized carbons (Fsp3) is 0.286. The summed E-state index contributed by atoms with van der Waals surface area (Å²) in [5, 5.41) is 2.55. The predicted molar refractivity (Wildman–Crippen MR) is 83.5 cm³/mol. The highest BCUT2D eigenvalue weighted by atomic mass is 79.9. The molecule has 1 heterocycles. The first-order valence-electron chi connectivity index (χ1n) is 6.63. The van der Waals surface area contributed by atoms with Crippen LogP contribution in [0.1, 0.15) is 0 Å². The number of nitrogens with one attached hydrogen (secondary N) is 1. The Hall–Kier alpha value is -2.42. The van der Waals surface area contributed by atoms with E-state index < -0.39 is 37.0 Å². The molecule has 0 unspecified atom stereocenters. The molecule has 1 saturated heterocycles. The van der Waals surface area contributed by atoms with Gasteiger partial charge in [0, 0.05) is 17.2 Å². The lowest BCUT2D eigenvalue weighted by Crippen LogP contribution is -2.37. The molecule has 122 valence electrons. The first kappa shape index (κ1) is 16.9. The number of hydrogen-bond donors (Lipinski definition) is 1. The van der Waals surface area contributed by atoms with Crippen LogP contribution < -0.4 is 5.32 Å². The fourth-order valence-corrected chi connectivity index (χ4v) is 2.31. The number of urea groups is 1. The van der Waals surface area contributed by atoms with Gasteiger partial charge in [0.15, 0.2) is 6.61 Å². The van der Waals surface area contributed by atoms with Gasteiger partial charge in [0.2, 0.25) is 0 Å². The molecule has 1 aromatic carbocycles. The van der Waals surface area contributed by atoms with Crippen LogP contribution in [0.4, 0.5) is 10.5 Å². The molecular formula is C14H14BrN3O5. The lowest BCUT2D eigenvalue weighted by molar-refractivity contribution is -0.149. The van der Waals surface area contributed by atoms with Gasteiger partial charge in [-0.3, -0.25) is 19.3 Å². The number of rotatable bonds is 5. The number of ether oxygens (including phenoxy) is 1. The van der Waals surface area contributed by atoms with Gasteiger partial charge in [-0.25, -0.2) is 4.79 Å². The summed E-state index contributed by atoms with van der Waals surface area (Å²) in [6.07, 6.45) is 0. The van der Waals surface area contributed by atoms with Crippen LogP contribution in [-0.4, -0.2) is 60.4 Å². The molecule has 1 aliphatic rings. The number of likely N-dealkylation sites (N-methyl/N-ethyl adjacent to an activating group) is 1. The van der Waals surface area contributed by atoms with Crippen molar-refractivity contribution < 1.29 is 23.9 Å². The molecule has 0 spiro atoms. The topological polar surface area (TPSA) is 96.0 Å². The van der Waals surface area contributed by atoms with E-state index in [4.69, 9.17) is 4.74 Å². The maximum atomic E-state index is 11.7. The molecule has 8 nitrogen and oxygen atoms in total. The molecule has 1 aliphatic heterocycles. The number of anilines is 1. The minimum absolute atomic E-state index is 0.0739. The van der Waals surface area contributed by atoms with Crippen molar-refractivity contribution in [3.8, 4) is 0 Å². The number of amides is 4. The van der Waals surface area contributed by atoms with E-state index in [2.05, 4.69) is 21.2 Å². The summed E-state index contributed by atoms with van der Waals surface area (Å²) < 4.78 is 5.57. The van der Waals surface area contributed by atoms with Crippen molar-refractivity contribution in [3.63, 3.8) is 0 Å². The Morgan fingerprint density at radius 3 is 2.70 bits per heavy atom. The summed E-state index contributed by atoms with van der Waals surface area (Å²) in [4.78, 5) is 48.4. The van der Waals surface area contributed by atoms with E-state index in [0.29, 0.717) is 5.69 Å². The lowest BCUT2D eigenvalue weighted by Gasteiger charge is -2.13. The molecule has 0 saturated carbocycles. The summed E-state index contributed by atoms with van der Waals surface area (Å²) in [6, 6.07) is 6.35. The summed E-state index contributed by atoms with van der Waals surface area (Å²) in [5.41, 5.74) is 0.548. The maximum absolute atomic E-state index is 11.7. The third-order valence-corrected chi connectivity index (χ3v) is 3.48. The molecule has 0 aromatic heterocycles. The second kappa shape index (κ2) is 7.23. The van der Waals surface area contributed by atoms with Gasteiger partial charge in [-0.1, -0.05) is 22.0 Å². The monoisotopic (exact) mass is 383 g/mol. The number of halogens is 1. The van der Waals surface area contributed by atoms with Crippen LogP contribution >= 0.6 is 15.9 Å². The van der Waals surface area contributed by atoms with Gasteiger partial charge >= 0.3 is 12.0 Å². The van der Waals surface area contributed by atoms with Crippen molar-refractivity contribution in [1.29, 1.82) is 0 Å². The molecule has 2 rings (SSSR count). The second-order valence-corrected chi connectivity index (χ2v) is 5.75. The van der Waals surface area contributed by atoms with Crippen LogP contribution in [0, 0.1) is 0 Å². The first-order valence-corrected chi connectivity index (χ1v) is 7.42. The average molecular weight is 384 g/mol. The number of carbonyl (C=O) groups is 4. The Morgan fingerprint density at radius 1 is 1.35 bits per heavy atom. The van der Waals surface area contributed by atoms with Crippen LogP contribution in [0.3, 0.4) is 0 Å². The minimum atomic E-state index is -0.827. The van der Waals surface area contributed by atoms with E-state index in [-0.39, 0.29) is 6.54 Å². The van der Waals surface area contributed by atoms with E-state index in [1.54, 1.807) is 24.3 Å². The molecule has 1 N–H and O–H groups in total. The van der Waals surface area contributed by atoms with Crippen LogP contribution in [0.2, 0.25) is 0 Å². The third kappa shape index (κ3) is 4.52. The maximum Gasteiger partial charge on any atom is 0.327 e. The average Bonchev–Trinajstić information content (AvgIpc) is 2.72. The predicted octanol–water partition coefficient (Wildman–Crippen LogP) is 0.825. The van der Waals surface area contributed by atoms with Gasteiger partial charge in [0.05, 0.1) is 0 Å². The molecule has 1 aromatic rings. The third-order valence-electron chi connectivity index (χ3n) is 2.99. The Bertz CT molecular complexity index is 664. The highest BCUT2D eigenvalue weighted by Crippen LogP contribution is 2.15. The van der Waals surface area contributed by atoms with Crippen molar-refractivity contribution in [2.24, 2.45) is 0 Å². The largest absolute Gasteiger partial charge is 0.454 e. The highest BCUT2D eigenvalue weighted by Gasteiger charge is 2.35. The number of carbonyl (C=O) groups excluding carboxylic acids is 4. The zero-order valence-electron chi connectivity index (χ0n) is 12.2. The second-order valence-electron chi connectivity index (χ2n) is 4.84. The molecule has 23 heavy (non-hydrogen) atoms. The molecule has 1 fully saturated rings. The Kier molecular flexibility index (Phi) is 5.32. The van der Waals surface area contributed by atoms with Gasteiger partial charge in [-0.15, -0.1) is 0 Å². The fourth-order valence-electron chi connectivity index (χ4n) is 1.91. The van der Waals surface area contributed by atoms with Crippen LogP contribution in [-0.2, 0) is 19.1 Å². The lowest BCUT2D eigenvalue weighted by atomic mass is 10.3. The van der Waals surface area contributed by atoms with E-state index in [9.17, 15) is 19.2 Å². The van der Waals surface area contributed by atoms with E-state index in [1.165, 1.54) is 11.9 Å². The van der Waals surface area contributed by atoms with Gasteiger partial charge in [0.25, 0.3) is 11.8 Å². The molecule has 0 radical (unpaired) electrons.